The molecule has 0 aliphatic rings. The fraction of sp³-hybridized carbons (Fsp3) is 0.739. The molecule has 0 nitrogen and oxygen atoms in total. The lowest BCUT2D eigenvalue weighted by molar-refractivity contribution is 0.538. The van der Waals surface area contributed by atoms with E-state index in [2.05, 4.69) is 48.8 Å². The summed E-state index contributed by atoms with van der Waals surface area (Å²) in [5, 5.41) is 0. The van der Waals surface area contributed by atoms with E-state index >= 15 is 0 Å². The van der Waals surface area contributed by atoms with Crippen molar-refractivity contribution >= 4 is 14.1 Å². The van der Waals surface area contributed by atoms with E-state index in [0.29, 0.717) is 0 Å². The third-order valence-corrected chi connectivity index (χ3v) is 7.92. The highest BCUT2D eigenvalue weighted by Crippen LogP contribution is 2.25. The molecule has 1 rings (SSSR count). The van der Waals surface area contributed by atoms with Gasteiger partial charge >= 0.3 is 0 Å². The van der Waals surface area contributed by atoms with E-state index in [-0.39, 0.29) is 0 Å². The van der Waals surface area contributed by atoms with Gasteiger partial charge in [-0.05, 0) is 12.0 Å². The largest absolute Gasteiger partial charge is 0.259 e. The van der Waals surface area contributed by atoms with Crippen LogP contribution in [-0.2, 0) is 6.42 Å². The Morgan fingerprint density at radius 3 is 1.71 bits per heavy atom. The average Bonchev–Trinajstić information content (AvgIpc) is 2.59. The van der Waals surface area contributed by atoms with Crippen LogP contribution >= 0.6 is 0 Å². The Hall–Kier alpha value is -0.248. The van der Waals surface area contributed by atoms with Crippen molar-refractivity contribution in [1.29, 1.82) is 0 Å². The maximum Gasteiger partial charge on any atom is 0.259 e. The monoisotopic (exact) mass is 344 g/mol. The Kier molecular flexibility index (Phi) is 13.7. The summed E-state index contributed by atoms with van der Waals surface area (Å²) in [6.07, 6.45) is 18.8. The Morgan fingerprint density at radius 1 is 0.708 bits per heavy atom. The smallest absolute Gasteiger partial charge is 0.106 e. The molecule has 1 heteroatoms. The van der Waals surface area contributed by atoms with Crippen molar-refractivity contribution in [3.8, 4) is 0 Å². The number of rotatable bonds is 15. The van der Waals surface area contributed by atoms with Gasteiger partial charge in [0, 0.05) is 0 Å². The second-order valence-corrected chi connectivity index (χ2v) is 11.4. The highest BCUT2D eigenvalue weighted by molar-refractivity contribution is 6.57. The molecular weight excluding hydrogens is 303 g/mol. The minimum Gasteiger partial charge on any atom is -0.106 e. The van der Waals surface area contributed by atoms with E-state index in [9.17, 15) is 0 Å². The predicted molar refractivity (Wildman–Crippen MR) is 112 cm³/mol. The van der Waals surface area contributed by atoms with Crippen LogP contribution in [0.1, 0.15) is 89.5 Å². The Morgan fingerprint density at radius 2 is 1.21 bits per heavy atom. The molecule has 0 saturated carbocycles. The Balaban J connectivity index is 2.01. The van der Waals surface area contributed by atoms with Crippen molar-refractivity contribution in [2.45, 2.75) is 107 Å². The fourth-order valence-corrected chi connectivity index (χ4v) is 5.30. The molecule has 0 spiro atoms. The van der Waals surface area contributed by atoms with Crippen LogP contribution in [-0.4, -0.2) is 14.1 Å². The summed E-state index contributed by atoms with van der Waals surface area (Å²) in [5.41, 5.74) is 1.55. The molecular formula is C23H41Al. The van der Waals surface area contributed by atoms with Gasteiger partial charge in [-0.2, -0.15) is 0 Å². The first-order valence-corrected chi connectivity index (χ1v) is 13.8. The molecule has 1 aromatic rings. The van der Waals surface area contributed by atoms with Gasteiger partial charge in [-0.15, -0.1) is 11.6 Å². The van der Waals surface area contributed by atoms with Crippen LogP contribution in [0.15, 0.2) is 30.3 Å². The molecule has 1 aromatic carbocycles. The zero-order valence-electron chi connectivity index (χ0n) is 16.7. The van der Waals surface area contributed by atoms with Crippen LogP contribution in [0.3, 0.4) is 0 Å². The summed E-state index contributed by atoms with van der Waals surface area (Å²) in [5.74, 6) is 5.07. The summed E-state index contributed by atoms with van der Waals surface area (Å²) in [4.78, 5) is 0. The van der Waals surface area contributed by atoms with Crippen molar-refractivity contribution < 1.29 is 0 Å². The predicted octanol–water partition coefficient (Wildman–Crippen LogP) is 8.05. The van der Waals surface area contributed by atoms with E-state index < -0.39 is 14.1 Å². The molecule has 0 N–H and O–H groups in total. The molecule has 0 aliphatic heterocycles. The molecule has 0 aromatic heterocycles. The van der Waals surface area contributed by atoms with Crippen LogP contribution in [0, 0.1) is 0 Å². The molecule has 0 aliphatic carbocycles. The normalized spacial score (nSPS) is 12.3. The van der Waals surface area contributed by atoms with Crippen molar-refractivity contribution in [2.75, 3.05) is 0 Å². The van der Waals surface area contributed by atoms with Gasteiger partial charge in [0.2, 0.25) is 0 Å². The molecule has 0 saturated heterocycles. The molecule has 1 unspecified atom stereocenters. The standard InChI is InChI=1S/C21H35.2CH3.Al/c1-2-3-4-5-6-7-8-9-10-11-12-13-15-18-21-19-16-14-17-20-21;;;/h14-17,19-20H,2-13,18H2,1H3;2*1H3;. The zero-order valence-corrected chi connectivity index (χ0v) is 17.9. The molecule has 0 fully saturated rings. The molecule has 0 heterocycles. The van der Waals surface area contributed by atoms with Crippen LogP contribution in [0.2, 0.25) is 16.4 Å². The highest BCUT2D eigenvalue weighted by atomic mass is 27.2. The minimum absolute atomic E-state index is 0.540. The maximum absolute atomic E-state index is 2.53. The third kappa shape index (κ3) is 11.3. The second-order valence-electron chi connectivity index (χ2n) is 8.02. The first-order chi connectivity index (χ1) is 11.7. The van der Waals surface area contributed by atoms with E-state index in [1.54, 1.807) is 5.56 Å². The van der Waals surface area contributed by atoms with Gasteiger partial charge in [-0.1, -0.05) is 119 Å². The van der Waals surface area contributed by atoms with Gasteiger partial charge in [-0.25, -0.2) is 0 Å². The average molecular weight is 345 g/mol. The molecule has 0 amide bonds. The van der Waals surface area contributed by atoms with Crippen molar-refractivity contribution in [2.24, 2.45) is 0 Å². The first-order valence-electron chi connectivity index (χ1n) is 10.8. The van der Waals surface area contributed by atoms with E-state index in [4.69, 9.17) is 0 Å². The molecule has 0 bridgehead atoms. The van der Waals surface area contributed by atoms with Crippen LogP contribution in [0.4, 0.5) is 0 Å². The highest BCUT2D eigenvalue weighted by Gasteiger charge is 2.18. The van der Waals surface area contributed by atoms with E-state index in [1.807, 2.05) is 0 Å². The number of unbranched alkanes of at least 4 members (excludes halogenated alkanes) is 10. The lowest BCUT2D eigenvalue weighted by Gasteiger charge is -2.18. The van der Waals surface area contributed by atoms with Gasteiger partial charge in [0.15, 0.2) is 0 Å². The lowest BCUT2D eigenvalue weighted by Crippen LogP contribution is -2.14. The molecule has 24 heavy (non-hydrogen) atoms. The topological polar surface area (TPSA) is 0 Å². The third-order valence-electron chi connectivity index (χ3n) is 5.46. The van der Waals surface area contributed by atoms with Crippen molar-refractivity contribution in [3.63, 3.8) is 0 Å². The fourth-order valence-electron chi connectivity index (χ4n) is 3.66. The maximum atomic E-state index is 2.53. The van der Waals surface area contributed by atoms with E-state index in [1.165, 1.54) is 83.5 Å². The molecule has 136 valence electrons. The lowest BCUT2D eigenvalue weighted by atomic mass is 10.0. The van der Waals surface area contributed by atoms with Gasteiger partial charge in [0.25, 0.3) is 14.1 Å². The summed E-state index contributed by atoms with van der Waals surface area (Å²) >= 11 is -0.540. The van der Waals surface area contributed by atoms with Gasteiger partial charge in [0.1, 0.15) is 0 Å². The van der Waals surface area contributed by atoms with E-state index in [0.717, 1.165) is 4.78 Å². The Labute approximate surface area is 156 Å². The summed E-state index contributed by atoms with van der Waals surface area (Å²) in [6.45, 7) is 2.30. The summed E-state index contributed by atoms with van der Waals surface area (Å²) in [7, 11) is 0. The zero-order chi connectivity index (χ0) is 17.5. The number of hydrogen-bond acceptors (Lipinski definition) is 0. The SMILES string of the molecule is CCCCCCCCCCCCC[CH](Cc1ccccc1)[Al]([CH3])[CH3]. The van der Waals surface area contributed by atoms with Crippen molar-refractivity contribution in [1.82, 2.24) is 0 Å². The summed E-state index contributed by atoms with van der Waals surface area (Å²) < 4.78 is 0.992. The van der Waals surface area contributed by atoms with Crippen LogP contribution < -0.4 is 0 Å². The molecule has 1 atom stereocenters. The van der Waals surface area contributed by atoms with Crippen LogP contribution in [0.5, 0.6) is 0 Å². The Bertz CT molecular complexity index is 371. The van der Waals surface area contributed by atoms with Gasteiger partial charge < -0.3 is 0 Å². The quantitative estimate of drug-likeness (QED) is 0.223. The second kappa shape index (κ2) is 15.0. The van der Waals surface area contributed by atoms with Gasteiger partial charge in [0.05, 0.1) is 0 Å². The first kappa shape index (κ1) is 21.8. The van der Waals surface area contributed by atoms with Crippen molar-refractivity contribution in [3.05, 3.63) is 35.9 Å². The number of hydrogen-bond donors (Lipinski definition) is 0. The van der Waals surface area contributed by atoms with Gasteiger partial charge in [-0.3, -0.25) is 0 Å². The summed E-state index contributed by atoms with van der Waals surface area (Å²) in [6, 6.07) is 11.1. The molecule has 0 radical (unpaired) electrons. The number of benzene rings is 1. The van der Waals surface area contributed by atoms with Crippen LogP contribution in [0.25, 0.3) is 0 Å². The minimum atomic E-state index is -0.540.